The first-order valence-corrected chi connectivity index (χ1v) is 5.51. The number of rotatable bonds is 0. The van der Waals surface area contributed by atoms with E-state index in [1.165, 1.54) is 5.56 Å². The van der Waals surface area contributed by atoms with Crippen LogP contribution < -0.4 is 0 Å². The van der Waals surface area contributed by atoms with Gasteiger partial charge in [-0.2, -0.15) is 0 Å². The lowest BCUT2D eigenvalue weighted by Crippen LogP contribution is -2.03. The van der Waals surface area contributed by atoms with E-state index in [1.54, 1.807) is 0 Å². The van der Waals surface area contributed by atoms with Gasteiger partial charge in [0.2, 0.25) is 0 Å². The first kappa shape index (κ1) is 11.9. The molecule has 15 heavy (non-hydrogen) atoms. The van der Waals surface area contributed by atoms with E-state index in [2.05, 4.69) is 32.1 Å². The Morgan fingerprint density at radius 2 is 1.73 bits per heavy atom. The van der Waals surface area contributed by atoms with E-state index in [4.69, 9.17) is 12.2 Å². The van der Waals surface area contributed by atoms with Gasteiger partial charge in [0.05, 0.1) is 0 Å². The Labute approximate surface area is 97.3 Å². The van der Waals surface area contributed by atoms with Gasteiger partial charge in [-0.25, -0.2) is 0 Å². The third-order valence-corrected chi connectivity index (χ3v) is 2.67. The summed E-state index contributed by atoms with van der Waals surface area (Å²) < 4.78 is 0. The summed E-state index contributed by atoms with van der Waals surface area (Å²) in [6, 6.07) is 10.3. The molecular weight excluding hydrogens is 200 g/mol. The van der Waals surface area contributed by atoms with E-state index in [0.29, 0.717) is 5.92 Å². The average molecular weight is 216 g/mol. The SMILES string of the molecule is CC1C=CC=CC1=S.Cc1ccccc1. The molecule has 1 unspecified atom stereocenters. The Kier molecular flexibility index (Phi) is 4.99. The van der Waals surface area contributed by atoms with Crippen LogP contribution in [0, 0.1) is 12.8 Å². The van der Waals surface area contributed by atoms with Gasteiger partial charge in [0.25, 0.3) is 0 Å². The molecular formula is C14H16S. The summed E-state index contributed by atoms with van der Waals surface area (Å²) in [5.41, 5.74) is 1.32. The smallest absolute Gasteiger partial charge is 0.0218 e. The van der Waals surface area contributed by atoms with E-state index in [1.807, 2.05) is 36.4 Å². The summed E-state index contributed by atoms with van der Waals surface area (Å²) >= 11 is 4.99. The van der Waals surface area contributed by atoms with Crippen molar-refractivity contribution in [3.63, 3.8) is 0 Å². The molecule has 1 heteroatoms. The molecule has 1 aromatic rings. The molecule has 0 fully saturated rings. The van der Waals surface area contributed by atoms with Gasteiger partial charge in [0.1, 0.15) is 0 Å². The lowest BCUT2D eigenvalue weighted by atomic mass is 10.0. The maximum atomic E-state index is 4.99. The molecule has 0 N–H and O–H groups in total. The fraction of sp³-hybridized carbons (Fsp3) is 0.214. The van der Waals surface area contributed by atoms with Crippen LogP contribution in [0.15, 0.2) is 54.6 Å². The van der Waals surface area contributed by atoms with Crippen LogP contribution in [0.4, 0.5) is 0 Å². The number of hydrogen-bond acceptors (Lipinski definition) is 1. The topological polar surface area (TPSA) is 0 Å². The van der Waals surface area contributed by atoms with Crippen molar-refractivity contribution in [2.24, 2.45) is 5.92 Å². The molecule has 78 valence electrons. The van der Waals surface area contributed by atoms with Crippen LogP contribution in [0.2, 0.25) is 0 Å². The number of benzene rings is 1. The third-order valence-electron chi connectivity index (χ3n) is 2.16. The fourth-order valence-corrected chi connectivity index (χ4v) is 1.32. The zero-order chi connectivity index (χ0) is 11.1. The van der Waals surface area contributed by atoms with Crippen LogP contribution in [0.3, 0.4) is 0 Å². The predicted molar refractivity (Wildman–Crippen MR) is 71.2 cm³/mol. The van der Waals surface area contributed by atoms with Crippen molar-refractivity contribution in [1.29, 1.82) is 0 Å². The molecule has 0 saturated carbocycles. The maximum absolute atomic E-state index is 4.99. The van der Waals surface area contributed by atoms with Gasteiger partial charge >= 0.3 is 0 Å². The van der Waals surface area contributed by atoms with Crippen molar-refractivity contribution in [2.75, 3.05) is 0 Å². The molecule has 0 aliphatic heterocycles. The Morgan fingerprint density at radius 3 is 2.07 bits per heavy atom. The highest BCUT2D eigenvalue weighted by molar-refractivity contribution is 7.80. The molecule has 1 aromatic carbocycles. The van der Waals surface area contributed by atoms with Crippen LogP contribution in [0.25, 0.3) is 0 Å². The summed E-state index contributed by atoms with van der Waals surface area (Å²) in [6.45, 7) is 4.18. The lowest BCUT2D eigenvalue weighted by Gasteiger charge is -2.05. The number of aryl methyl sites for hydroxylation is 1. The number of thiocarbonyl (C=S) groups is 1. The van der Waals surface area contributed by atoms with Crippen molar-refractivity contribution in [2.45, 2.75) is 13.8 Å². The van der Waals surface area contributed by atoms with Crippen molar-refractivity contribution in [1.82, 2.24) is 0 Å². The molecule has 0 amide bonds. The molecule has 1 atom stereocenters. The Morgan fingerprint density at radius 1 is 1.07 bits per heavy atom. The van der Waals surface area contributed by atoms with E-state index < -0.39 is 0 Å². The van der Waals surface area contributed by atoms with Gasteiger partial charge in [-0.1, -0.05) is 73.3 Å². The van der Waals surface area contributed by atoms with Gasteiger partial charge in [-0.15, -0.1) is 0 Å². The molecule has 2 rings (SSSR count). The zero-order valence-electron chi connectivity index (χ0n) is 9.18. The second kappa shape index (κ2) is 6.31. The summed E-state index contributed by atoms with van der Waals surface area (Å²) in [5, 5.41) is 0. The van der Waals surface area contributed by atoms with Crippen LogP contribution in [-0.2, 0) is 0 Å². The molecule has 1 aliphatic rings. The van der Waals surface area contributed by atoms with Gasteiger partial charge < -0.3 is 0 Å². The highest BCUT2D eigenvalue weighted by Crippen LogP contribution is 2.07. The maximum Gasteiger partial charge on any atom is 0.0218 e. The molecule has 0 radical (unpaired) electrons. The van der Waals surface area contributed by atoms with E-state index in [0.717, 1.165) is 4.86 Å². The normalized spacial score (nSPS) is 18.3. The summed E-state index contributed by atoms with van der Waals surface area (Å²) in [4.78, 5) is 1.03. The minimum Gasteiger partial charge on any atom is -0.0843 e. The quantitative estimate of drug-likeness (QED) is 0.588. The van der Waals surface area contributed by atoms with Gasteiger partial charge in [0, 0.05) is 10.8 Å². The zero-order valence-corrected chi connectivity index (χ0v) is 10.00. The molecule has 0 bridgehead atoms. The Balaban J connectivity index is 0.000000151. The first-order chi connectivity index (χ1) is 7.20. The predicted octanol–water partition coefficient (Wildman–Crippen LogP) is 4.11. The second-order valence-electron chi connectivity index (χ2n) is 3.59. The molecule has 0 heterocycles. The second-order valence-corrected chi connectivity index (χ2v) is 4.06. The highest BCUT2D eigenvalue weighted by Gasteiger charge is 2.01. The Bertz CT molecular complexity index is 360. The van der Waals surface area contributed by atoms with Crippen molar-refractivity contribution in [3.05, 3.63) is 60.2 Å². The number of hydrogen-bond donors (Lipinski definition) is 0. The summed E-state index contributed by atoms with van der Waals surface area (Å²) in [5.74, 6) is 0.468. The van der Waals surface area contributed by atoms with Crippen molar-refractivity contribution >= 4 is 17.1 Å². The van der Waals surface area contributed by atoms with Crippen LogP contribution in [-0.4, -0.2) is 4.86 Å². The highest BCUT2D eigenvalue weighted by atomic mass is 32.1. The summed E-state index contributed by atoms with van der Waals surface area (Å²) in [6.07, 6.45) is 8.07. The van der Waals surface area contributed by atoms with E-state index in [-0.39, 0.29) is 0 Å². The molecule has 0 spiro atoms. The Hall–Kier alpha value is -1.21. The van der Waals surface area contributed by atoms with Gasteiger partial charge in [0.15, 0.2) is 0 Å². The van der Waals surface area contributed by atoms with Gasteiger partial charge in [-0.3, -0.25) is 0 Å². The molecule has 0 aromatic heterocycles. The molecule has 0 nitrogen and oxygen atoms in total. The van der Waals surface area contributed by atoms with E-state index >= 15 is 0 Å². The standard InChI is InChI=1S/C7H8S.C7H8/c1-6-4-2-3-5-7(6)8;1-7-5-3-2-4-6-7/h2-6H,1H3;2-6H,1H3. The van der Waals surface area contributed by atoms with Crippen molar-refractivity contribution < 1.29 is 0 Å². The van der Waals surface area contributed by atoms with E-state index in [9.17, 15) is 0 Å². The number of allylic oxidation sites excluding steroid dienone is 4. The van der Waals surface area contributed by atoms with Crippen molar-refractivity contribution in [3.8, 4) is 0 Å². The van der Waals surface area contributed by atoms with Crippen LogP contribution in [0.1, 0.15) is 12.5 Å². The minimum atomic E-state index is 0.468. The first-order valence-electron chi connectivity index (χ1n) is 5.10. The van der Waals surface area contributed by atoms with Gasteiger partial charge in [-0.05, 0) is 13.0 Å². The lowest BCUT2D eigenvalue weighted by molar-refractivity contribution is 1.02. The summed E-state index contributed by atoms with van der Waals surface area (Å²) in [7, 11) is 0. The minimum absolute atomic E-state index is 0.468. The average Bonchev–Trinajstić information content (AvgIpc) is 2.25. The molecule has 0 saturated heterocycles. The van der Waals surface area contributed by atoms with Crippen LogP contribution >= 0.6 is 12.2 Å². The third kappa shape index (κ3) is 4.71. The van der Waals surface area contributed by atoms with Crippen LogP contribution in [0.5, 0.6) is 0 Å². The monoisotopic (exact) mass is 216 g/mol. The fourth-order valence-electron chi connectivity index (χ4n) is 1.16. The molecule has 1 aliphatic carbocycles. The largest absolute Gasteiger partial charge is 0.0843 e.